The van der Waals surface area contributed by atoms with Crippen LogP contribution in [0.4, 0.5) is 15.4 Å². The second-order valence-electron chi connectivity index (χ2n) is 12.9. The molecule has 6 N–H and O–H groups in total. The number of anilines is 3. The van der Waals surface area contributed by atoms with Gasteiger partial charge in [0.25, 0.3) is 0 Å². The number of aromatic nitrogens is 6. The van der Waals surface area contributed by atoms with Crippen LogP contribution in [0.5, 0.6) is 0 Å². The monoisotopic (exact) mass is 813 g/mol. The Labute approximate surface area is 339 Å². The molecule has 0 saturated heterocycles. The lowest BCUT2D eigenvalue weighted by Gasteiger charge is -2.01. The number of thiazole rings is 3. The van der Waals surface area contributed by atoms with Crippen LogP contribution >= 0.6 is 34.0 Å². The van der Waals surface area contributed by atoms with Gasteiger partial charge in [-0.1, -0.05) is 54.6 Å². The molecular weight excluding hydrogens is 775 g/mol. The number of rotatable bonds is 11. The molecule has 0 aliphatic heterocycles. The standard InChI is InChI=1S/C15H15N3OS.C14H13N3OS.C13H11N3OS/c19-14(18-15-16-8-9-20-15)7-3-4-11-10-17-13-6-2-1-5-12(11)13;1-9-7-16-14(19-9)17-13(18)6-10-8-15-12-5-3-2-4-11(10)12;17-12(16-13-14-5-6-18-13)7-9-8-15-11-4-2-1-3-10(9)11/h1-2,5-6,8-10,17H,3-4,7H2,(H,16,18,19);2-5,7-8,15H,6H2,1H3,(H,16,17,18);1-6,8,15H,7H2,(H,14,16,17). The van der Waals surface area contributed by atoms with E-state index in [2.05, 4.69) is 58.0 Å². The minimum absolute atomic E-state index is 0.0276. The van der Waals surface area contributed by atoms with Gasteiger partial charge < -0.3 is 30.9 Å². The fourth-order valence-corrected chi connectivity index (χ4v) is 7.94. The van der Waals surface area contributed by atoms with Crippen molar-refractivity contribution in [3.05, 3.63) is 142 Å². The van der Waals surface area contributed by atoms with Crippen LogP contribution in [-0.2, 0) is 33.6 Å². The lowest BCUT2D eigenvalue weighted by molar-refractivity contribution is -0.116. The molecule has 57 heavy (non-hydrogen) atoms. The normalized spacial score (nSPS) is 10.8. The maximum Gasteiger partial charge on any atom is 0.230 e. The van der Waals surface area contributed by atoms with Gasteiger partial charge in [-0.15, -0.1) is 34.0 Å². The Hall–Kier alpha value is -6.42. The fraction of sp³-hybridized carbons (Fsp3) is 0.143. The fourth-order valence-electron chi connectivity index (χ4n) is 6.17. The third kappa shape index (κ3) is 10.7. The molecule has 3 aromatic carbocycles. The van der Waals surface area contributed by atoms with E-state index in [-0.39, 0.29) is 17.7 Å². The highest BCUT2D eigenvalue weighted by molar-refractivity contribution is 7.15. The molecule has 0 saturated carbocycles. The van der Waals surface area contributed by atoms with Crippen molar-refractivity contribution in [3.8, 4) is 0 Å². The number of nitrogens with one attached hydrogen (secondary N) is 6. The van der Waals surface area contributed by atoms with E-state index < -0.39 is 0 Å². The first-order valence-electron chi connectivity index (χ1n) is 18.1. The average molecular weight is 814 g/mol. The van der Waals surface area contributed by atoms with E-state index >= 15 is 0 Å². The van der Waals surface area contributed by atoms with Crippen molar-refractivity contribution in [2.75, 3.05) is 16.0 Å². The van der Waals surface area contributed by atoms with Crippen LogP contribution < -0.4 is 16.0 Å². The number of hydrogen-bond donors (Lipinski definition) is 6. The maximum atomic E-state index is 12.0. The smallest absolute Gasteiger partial charge is 0.230 e. The highest BCUT2D eigenvalue weighted by Crippen LogP contribution is 2.22. The Morgan fingerprint density at radius 2 is 1.04 bits per heavy atom. The summed E-state index contributed by atoms with van der Waals surface area (Å²) in [6.07, 6.45) is 13.9. The van der Waals surface area contributed by atoms with Crippen LogP contribution in [0, 0.1) is 6.92 Å². The molecule has 0 unspecified atom stereocenters. The molecule has 0 aliphatic carbocycles. The summed E-state index contributed by atoms with van der Waals surface area (Å²) in [7, 11) is 0. The summed E-state index contributed by atoms with van der Waals surface area (Å²) in [4.78, 5) is 58.4. The quantitative estimate of drug-likeness (QED) is 0.0759. The van der Waals surface area contributed by atoms with Crippen molar-refractivity contribution in [3.63, 3.8) is 0 Å². The lowest BCUT2D eigenvalue weighted by Crippen LogP contribution is -2.13. The van der Waals surface area contributed by atoms with Gasteiger partial charge in [-0.3, -0.25) is 14.4 Å². The predicted molar refractivity (Wildman–Crippen MR) is 232 cm³/mol. The van der Waals surface area contributed by atoms with Crippen molar-refractivity contribution < 1.29 is 14.4 Å². The number of H-pyrrole nitrogens is 3. The number of fused-ring (bicyclic) bond motifs is 3. The predicted octanol–water partition coefficient (Wildman–Crippen LogP) is 9.51. The molecule has 6 aromatic heterocycles. The zero-order valence-corrected chi connectivity index (χ0v) is 33.3. The van der Waals surface area contributed by atoms with Crippen molar-refractivity contribution in [2.24, 2.45) is 0 Å². The van der Waals surface area contributed by atoms with Crippen molar-refractivity contribution >= 4 is 99.8 Å². The number of para-hydroxylation sites is 3. The van der Waals surface area contributed by atoms with Gasteiger partial charge in [-0.05, 0) is 54.7 Å². The number of carbonyl (C=O) groups excluding carboxylic acids is 3. The number of carbonyl (C=O) groups is 3. The highest BCUT2D eigenvalue weighted by Gasteiger charge is 2.12. The van der Waals surface area contributed by atoms with Gasteiger partial charge in [0.2, 0.25) is 17.7 Å². The Kier molecular flexibility index (Phi) is 12.9. The van der Waals surface area contributed by atoms with E-state index in [0.717, 1.165) is 56.2 Å². The SMILES string of the molecule is Cc1cnc(NC(=O)Cc2c[nH]c3ccccc23)s1.O=C(CCCc1c[nH]c2ccccc12)Nc1nccs1.O=C(Cc1c[nH]c2ccccc12)Nc1nccs1. The van der Waals surface area contributed by atoms with Crippen molar-refractivity contribution in [1.82, 2.24) is 29.9 Å². The summed E-state index contributed by atoms with van der Waals surface area (Å²) in [5.41, 5.74) is 6.52. The van der Waals surface area contributed by atoms with Gasteiger partial charge in [-0.2, -0.15) is 0 Å². The van der Waals surface area contributed by atoms with E-state index in [1.807, 2.05) is 96.9 Å². The van der Waals surface area contributed by atoms with Gasteiger partial charge in [0.1, 0.15) is 0 Å². The molecule has 0 aliphatic rings. The molecule has 0 bridgehead atoms. The van der Waals surface area contributed by atoms with Crippen molar-refractivity contribution in [2.45, 2.75) is 39.0 Å². The van der Waals surface area contributed by atoms with Gasteiger partial charge >= 0.3 is 0 Å². The Balaban J connectivity index is 0.000000131. The topological polar surface area (TPSA) is 173 Å². The summed E-state index contributed by atoms with van der Waals surface area (Å²) in [6.45, 7) is 1.97. The van der Waals surface area contributed by atoms with E-state index in [9.17, 15) is 14.4 Å². The number of aryl methyl sites for hydroxylation is 2. The minimum atomic E-state index is -0.0466. The van der Waals surface area contributed by atoms with Crippen LogP contribution in [0.15, 0.2) is 121 Å². The molecule has 0 fully saturated rings. The first-order valence-corrected chi connectivity index (χ1v) is 20.7. The summed E-state index contributed by atoms with van der Waals surface area (Å²) in [6, 6.07) is 24.1. The molecule has 9 aromatic rings. The maximum absolute atomic E-state index is 12.0. The summed E-state index contributed by atoms with van der Waals surface area (Å²) in [5, 5.41) is 17.5. The van der Waals surface area contributed by atoms with Crippen LogP contribution in [0.25, 0.3) is 32.7 Å². The van der Waals surface area contributed by atoms with Crippen LogP contribution in [0.1, 0.15) is 34.4 Å². The largest absolute Gasteiger partial charge is 0.361 e. The second kappa shape index (κ2) is 18.9. The van der Waals surface area contributed by atoms with Crippen LogP contribution in [0.2, 0.25) is 0 Å². The van der Waals surface area contributed by atoms with Gasteiger partial charge in [0, 0.05) is 91.9 Å². The average Bonchev–Trinajstić information content (AvgIpc) is 4.08. The lowest BCUT2D eigenvalue weighted by atomic mass is 10.1. The molecule has 0 atom stereocenters. The van der Waals surface area contributed by atoms with Crippen molar-refractivity contribution in [1.29, 1.82) is 0 Å². The molecule has 0 radical (unpaired) electrons. The molecule has 9 rings (SSSR count). The third-order valence-corrected chi connectivity index (χ3v) is 11.0. The number of amides is 3. The molecule has 15 heteroatoms. The summed E-state index contributed by atoms with van der Waals surface area (Å²) < 4.78 is 0. The number of hydrogen-bond acceptors (Lipinski definition) is 9. The Bertz CT molecular complexity index is 2690. The molecule has 288 valence electrons. The first-order chi connectivity index (χ1) is 27.9. The zero-order valence-electron chi connectivity index (χ0n) is 30.9. The van der Waals surface area contributed by atoms with E-state index in [4.69, 9.17) is 0 Å². The molecule has 3 amide bonds. The summed E-state index contributed by atoms with van der Waals surface area (Å²) >= 11 is 4.33. The summed E-state index contributed by atoms with van der Waals surface area (Å²) in [5.74, 6) is -0.0615. The highest BCUT2D eigenvalue weighted by atomic mass is 32.1. The zero-order chi connectivity index (χ0) is 39.4. The number of benzene rings is 3. The molecule has 6 heterocycles. The van der Waals surface area contributed by atoms with Crippen LogP contribution in [-0.4, -0.2) is 47.6 Å². The van der Waals surface area contributed by atoms with E-state index in [1.54, 1.807) is 18.6 Å². The van der Waals surface area contributed by atoms with Crippen LogP contribution in [0.3, 0.4) is 0 Å². The Morgan fingerprint density at radius 1 is 0.579 bits per heavy atom. The molecule has 0 spiro atoms. The Morgan fingerprint density at radius 3 is 1.51 bits per heavy atom. The third-order valence-electron chi connectivity index (χ3n) is 8.80. The number of nitrogens with zero attached hydrogens (tertiary/aromatic N) is 3. The van der Waals surface area contributed by atoms with Gasteiger partial charge in [0.15, 0.2) is 15.4 Å². The van der Waals surface area contributed by atoms with E-state index in [0.29, 0.717) is 34.7 Å². The first kappa shape index (κ1) is 38.8. The van der Waals surface area contributed by atoms with Gasteiger partial charge in [0.05, 0.1) is 12.8 Å². The molecular formula is C42H39N9O3S3. The van der Waals surface area contributed by atoms with E-state index in [1.165, 1.54) is 45.0 Å². The number of aromatic amines is 3. The second-order valence-corrected chi connectivity index (χ2v) is 15.9. The minimum Gasteiger partial charge on any atom is -0.361 e. The molecule has 12 nitrogen and oxygen atoms in total. The van der Waals surface area contributed by atoms with Gasteiger partial charge in [-0.25, -0.2) is 15.0 Å².